The van der Waals surface area contributed by atoms with E-state index in [0.29, 0.717) is 43.0 Å². The number of likely N-dealkylation sites (tertiary alicyclic amines) is 1. The lowest BCUT2D eigenvalue weighted by Crippen LogP contribution is -2.27. The highest BCUT2D eigenvalue weighted by Crippen LogP contribution is 2.28. The Bertz CT molecular complexity index is 1350. The lowest BCUT2D eigenvalue weighted by molar-refractivity contribution is -0.137. The summed E-state index contributed by atoms with van der Waals surface area (Å²) in [6.07, 6.45) is 4.48. The van der Waals surface area contributed by atoms with E-state index in [0.717, 1.165) is 28.7 Å². The average Bonchev–Trinajstić information content (AvgIpc) is 3.47. The number of aromatic nitrogens is 4. The Balaban J connectivity index is 1.77. The van der Waals surface area contributed by atoms with Gasteiger partial charge < -0.3 is 14.7 Å². The first-order valence-corrected chi connectivity index (χ1v) is 11.4. The van der Waals surface area contributed by atoms with Gasteiger partial charge in [-0.15, -0.1) is 0 Å². The first-order chi connectivity index (χ1) is 16.9. The standard InChI is InChI=1S/C26H27N5O4/c1-4-23(32)30-11-10-19(15-30)31-26-25(21(27-16-28-26)6-5-7-24(33)34)22(29-31)9-8-18-12-17(2)13-20(14-18)35-3/h4,12-14,16,19H,1,5-7,10-11,15H2,2-3H3,(H,33,34)/t19-/m0/s1. The van der Waals surface area contributed by atoms with Gasteiger partial charge >= 0.3 is 5.97 Å². The summed E-state index contributed by atoms with van der Waals surface area (Å²) >= 11 is 0. The molecule has 1 aromatic carbocycles. The van der Waals surface area contributed by atoms with Crippen LogP contribution in [0.3, 0.4) is 0 Å². The van der Waals surface area contributed by atoms with E-state index in [4.69, 9.17) is 14.9 Å². The normalized spacial score (nSPS) is 15.0. The minimum absolute atomic E-state index is 0.0466. The third-order valence-corrected chi connectivity index (χ3v) is 5.98. The first kappa shape index (κ1) is 24.0. The van der Waals surface area contributed by atoms with E-state index in [-0.39, 0.29) is 18.4 Å². The molecule has 3 aromatic rings. The number of aryl methyl sites for hydroxylation is 2. The molecule has 1 atom stereocenters. The van der Waals surface area contributed by atoms with E-state index in [9.17, 15) is 9.59 Å². The molecule has 1 aliphatic heterocycles. The fourth-order valence-corrected chi connectivity index (χ4v) is 4.31. The zero-order valence-corrected chi connectivity index (χ0v) is 19.8. The van der Waals surface area contributed by atoms with E-state index in [2.05, 4.69) is 28.4 Å². The molecular weight excluding hydrogens is 446 g/mol. The van der Waals surface area contributed by atoms with Crippen molar-refractivity contribution in [1.82, 2.24) is 24.6 Å². The monoisotopic (exact) mass is 473 g/mol. The molecule has 0 bridgehead atoms. The summed E-state index contributed by atoms with van der Waals surface area (Å²) in [5.41, 5.74) is 3.69. The van der Waals surface area contributed by atoms with Crippen LogP contribution in [0.25, 0.3) is 11.0 Å². The predicted octanol–water partition coefficient (Wildman–Crippen LogP) is 2.91. The van der Waals surface area contributed by atoms with Crippen molar-refractivity contribution in [2.75, 3.05) is 20.2 Å². The molecule has 0 unspecified atom stereocenters. The summed E-state index contributed by atoms with van der Waals surface area (Å²) in [5, 5.41) is 14.6. The molecule has 0 radical (unpaired) electrons. The molecule has 2 aromatic heterocycles. The second-order valence-electron chi connectivity index (χ2n) is 8.48. The van der Waals surface area contributed by atoms with Gasteiger partial charge in [0, 0.05) is 25.1 Å². The zero-order valence-electron chi connectivity index (χ0n) is 19.8. The van der Waals surface area contributed by atoms with Crippen molar-refractivity contribution in [3.8, 4) is 17.6 Å². The summed E-state index contributed by atoms with van der Waals surface area (Å²) < 4.78 is 7.18. The van der Waals surface area contributed by atoms with Crippen LogP contribution >= 0.6 is 0 Å². The number of rotatable bonds is 7. The summed E-state index contributed by atoms with van der Waals surface area (Å²) in [6.45, 7) is 6.66. The van der Waals surface area contributed by atoms with Gasteiger partial charge in [-0.3, -0.25) is 9.59 Å². The number of methoxy groups -OCH3 is 1. The van der Waals surface area contributed by atoms with Crippen LogP contribution in [0.15, 0.2) is 37.2 Å². The fourth-order valence-electron chi connectivity index (χ4n) is 4.31. The van der Waals surface area contributed by atoms with Crippen LogP contribution in [0, 0.1) is 18.8 Å². The second kappa shape index (κ2) is 10.4. The maximum absolute atomic E-state index is 12.1. The van der Waals surface area contributed by atoms with E-state index in [1.165, 1.54) is 12.4 Å². The highest BCUT2D eigenvalue weighted by Gasteiger charge is 2.29. The van der Waals surface area contributed by atoms with Crippen LogP contribution < -0.4 is 4.74 Å². The number of benzene rings is 1. The SMILES string of the molecule is C=CC(=O)N1CC[C@H](n2nc(C#Cc3cc(C)cc(OC)c3)c3c(CCCC(=O)O)ncnc32)C1. The molecule has 0 saturated carbocycles. The second-order valence-corrected chi connectivity index (χ2v) is 8.48. The summed E-state index contributed by atoms with van der Waals surface area (Å²) in [5.74, 6) is 6.12. The molecule has 1 N–H and O–H groups in total. The molecule has 0 aliphatic carbocycles. The number of fused-ring (bicyclic) bond motifs is 1. The van der Waals surface area contributed by atoms with E-state index in [1.807, 2.05) is 29.8 Å². The van der Waals surface area contributed by atoms with Crippen molar-refractivity contribution < 1.29 is 19.4 Å². The minimum atomic E-state index is -0.850. The topological polar surface area (TPSA) is 110 Å². The maximum atomic E-state index is 12.1. The average molecular weight is 474 g/mol. The van der Waals surface area contributed by atoms with Crippen LogP contribution in [0.1, 0.15) is 47.8 Å². The Morgan fingerprint density at radius 3 is 2.86 bits per heavy atom. The lowest BCUT2D eigenvalue weighted by atomic mass is 10.1. The molecule has 0 spiro atoms. The molecule has 9 heteroatoms. The third kappa shape index (κ3) is 5.32. The van der Waals surface area contributed by atoms with Gasteiger partial charge in [-0.05, 0) is 61.9 Å². The van der Waals surface area contributed by atoms with Crippen molar-refractivity contribution in [3.63, 3.8) is 0 Å². The molecule has 1 amide bonds. The number of ether oxygens (including phenoxy) is 1. The molecule has 1 saturated heterocycles. The third-order valence-electron chi connectivity index (χ3n) is 5.98. The van der Waals surface area contributed by atoms with Gasteiger partial charge in [-0.1, -0.05) is 12.5 Å². The van der Waals surface area contributed by atoms with Crippen LogP contribution in [0.2, 0.25) is 0 Å². The zero-order chi connectivity index (χ0) is 24.9. The Hall–Kier alpha value is -4.19. The molecule has 180 valence electrons. The largest absolute Gasteiger partial charge is 0.497 e. The Morgan fingerprint density at radius 2 is 2.11 bits per heavy atom. The van der Waals surface area contributed by atoms with Crippen LogP contribution in [0.4, 0.5) is 0 Å². The van der Waals surface area contributed by atoms with Gasteiger partial charge in [0.2, 0.25) is 5.91 Å². The van der Waals surface area contributed by atoms with E-state index in [1.54, 1.807) is 12.0 Å². The van der Waals surface area contributed by atoms with Gasteiger partial charge in [0.25, 0.3) is 0 Å². The molecule has 1 fully saturated rings. The molecular formula is C26H27N5O4. The highest BCUT2D eigenvalue weighted by molar-refractivity contribution is 5.87. The number of carboxylic acids is 1. The summed E-state index contributed by atoms with van der Waals surface area (Å²) in [6, 6.07) is 5.70. The van der Waals surface area contributed by atoms with Crippen LogP contribution in [0.5, 0.6) is 5.75 Å². The van der Waals surface area contributed by atoms with Gasteiger partial charge in [0.15, 0.2) is 5.65 Å². The summed E-state index contributed by atoms with van der Waals surface area (Å²) in [4.78, 5) is 33.8. The molecule has 1 aliphatic rings. The van der Waals surface area contributed by atoms with Crippen molar-refractivity contribution in [3.05, 3.63) is 59.7 Å². The quantitative estimate of drug-likeness (QED) is 0.415. The Labute approximate surface area is 203 Å². The Morgan fingerprint density at radius 1 is 1.29 bits per heavy atom. The van der Waals surface area contributed by atoms with Crippen molar-refractivity contribution in [2.45, 2.75) is 38.6 Å². The maximum Gasteiger partial charge on any atom is 0.303 e. The number of carbonyl (C=O) groups is 2. The minimum Gasteiger partial charge on any atom is -0.497 e. The molecule has 4 rings (SSSR count). The number of hydrogen-bond acceptors (Lipinski definition) is 6. The highest BCUT2D eigenvalue weighted by atomic mass is 16.5. The van der Waals surface area contributed by atoms with Gasteiger partial charge in [0.1, 0.15) is 17.8 Å². The number of carboxylic acid groups (broad SMARTS) is 1. The number of carbonyl (C=O) groups excluding carboxylic acids is 1. The van der Waals surface area contributed by atoms with Gasteiger partial charge in [-0.2, -0.15) is 5.10 Å². The number of nitrogens with zero attached hydrogens (tertiary/aromatic N) is 5. The Kier molecular flexibility index (Phi) is 7.11. The fraction of sp³-hybridized carbons (Fsp3) is 0.346. The number of aliphatic carboxylic acids is 1. The van der Waals surface area contributed by atoms with Gasteiger partial charge in [0.05, 0.1) is 24.2 Å². The molecule has 9 nitrogen and oxygen atoms in total. The molecule has 35 heavy (non-hydrogen) atoms. The van der Waals surface area contributed by atoms with Crippen molar-refractivity contribution in [2.24, 2.45) is 0 Å². The van der Waals surface area contributed by atoms with Crippen LogP contribution in [-0.2, 0) is 16.0 Å². The first-order valence-electron chi connectivity index (χ1n) is 11.4. The van der Waals surface area contributed by atoms with Gasteiger partial charge in [-0.25, -0.2) is 14.6 Å². The lowest BCUT2D eigenvalue weighted by Gasteiger charge is -2.14. The van der Waals surface area contributed by atoms with Crippen molar-refractivity contribution in [1.29, 1.82) is 0 Å². The summed E-state index contributed by atoms with van der Waals surface area (Å²) in [7, 11) is 1.61. The molecule has 3 heterocycles. The number of amides is 1. The van der Waals surface area contributed by atoms with Crippen molar-refractivity contribution >= 4 is 22.9 Å². The predicted molar refractivity (Wildman–Crippen MR) is 130 cm³/mol. The van der Waals surface area contributed by atoms with Crippen LogP contribution in [-0.4, -0.2) is 61.8 Å². The number of hydrogen-bond donors (Lipinski definition) is 1. The van der Waals surface area contributed by atoms with E-state index >= 15 is 0 Å². The van der Waals surface area contributed by atoms with E-state index < -0.39 is 5.97 Å². The smallest absolute Gasteiger partial charge is 0.303 e.